The number of hydrogen-bond acceptors (Lipinski definition) is 2. The van der Waals surface area contributed by atoms with Crippen molar-refractivity contribution >= 4 is 40.3 Å². The van der Waals surface area contributed by atoms with Crippen molar-refractivity contribution < 1.29 is 4.39 Å². The summed E-state index contributed by atoms with van der Waals surface area (Å²) in [6.45, 7) is 1.91. The summed E-state index contributed by atoms with van der Waals surface area (Å²) < 4.78 is 13.9. The van der Waals surface area contributed by atoms with Gasteiger partial charge in [-0.3, -0.25) is 0 Å². The smallest absolute Gasteiger partial charge is 0.148 e. The molecule has 0 heterocycles. The summed E-state index contributed by atoms with van der Waals surface area (Å²) in [4.78, 5) is 1.65. The Morgan fingerprint density at radius 2 is 1.79 bits per heavy atom. The van der Waals surface area contributed by atoms with E-state index < -0.39 is 5.82 Å². The van der Waals surface area contributed by atoms with Crippen molar-refractivity contribution in [3.05, 3.63) is 51.8 Å². The van der Waals surface area contributed by atoms with Gasteiger partial charge < -0.3 is 10.6 Å². The first-order valence-electron chi connectivity index (χ1n) is 5.64. The molecule has 2 aromatic rings. The quantitative estimate of drug-likeness (QED) is 0.808. The number of hydrogen-bond donors (Lipinski definition) is 1. The lowest BCUT2D eigenvalue weighted by molar-refractivity contribution is 0.628. The minimum absolute atomic E-state index is 0.351. The van der Waals surface area contributed by atoms with E-state index in [1.165, 1.54) is 6.07 Å². The molecule has 0 fully saturated rings. The second-order valence-corrected chi connectivity index (χ2v) is 5.16. The third-order valence-electron chi connectivity index (χ3n) is 2.86. The molecule has 2 N–H and O–H groups in total. The molecule has 100 valence electrons. The van der Waals surface area contributed by atoms with E-state index in [1.54, 1.807) is 30.1 Å². The summed E-state index contributed by atoms with van der Waals surface area (Å²) >= 11 is 11.9. The number of nitrogens with two attached hydrogens (primary N) is 1. The Hall–Kier alpha value is -1.45. The van der Waals surface area contributed by atoms with Crippen LogP contribution in [0, 0.1) is 12.7 Å². The van der Waals surface area contributed by atoms with Crippen molar-refractivity contribution in [3.63, 3.8) is 0 Å². The molecule has 0 atom stereocenters. The zero-order valence-corrected chi connectivity index (χ0v) is 12.1. The molecule has 0 aliphatic heterocycles. The second kappa shape index (κ2) is 5.27. The second-order valence-electron chi connectivity index (χ2n) is 4.34. The summed E-state index contributed by atoms with van der Waals surface area (Å²) in [5.41, 5.74) is 8.29. The predicted octanol–water partition coefficient (Wildman–Crippen LogP) is 4.79. The van der Waals surface area contributed by atoms with E-state index in [9.17, 15) is 4.39 Å². The zero-order valence-electron chi connectivity index (χ0n) is 10.5. The number of benzene rings is 2. The molecule has 0 aliphatic carbocycles. The van der Waals surface area contributed by atoms with E-state index in [-0.39, 0.29) is 0 Å². The highest BCUT2D eigenvalue weighted by Gasteiger charge is 2.14. The van der Waals surface area contributed by atoms with E-state index in [2.05, 4.69) is 0 Å². The van der Waals surface area contributed by atoms with Crippen LogP contribution < -0.4 is 10.6 Å². The molecule has 0 unspecified atom stereocenters. The lowest BCUT2D eigenvalue weighted by Gasteiger charge is -2.22. The van der Waals surface area contributed by atoms with Gasteiger partial charge in [0, 0.05) is 12.1 Å². The minimum atomic E-state index is -0.411. The van der Waals surface area contributed by atoms with E-state index in [0.29, 0.717) is 27.1 Å². The van der Waals surface area contributed by atoms with Crippen molar-refractivity contribution in [2.45, 2.75) is 6.92 Å². The molecule has 2 rings (SSSR count). The maximum Gasteiger partial charge on any atom is 0.148 e. The number of nitrogen functional groups attached to an aromatic ring is 1. The Labute approximate surface area is 121 Å². The number of halogens is 3. The third-order valence-corrected chi connectivity index (χ3v) is 3.51. The lowest BCUT2D eigenvalue weighted by atomic mass is 10.1. The van der Waals surface area contributed by atoms with Gasteiger partial charge in [0.25, 0.3) is 0 Å². The van der Waals surface area contributed by atoms with Crippen LogP contribution in [0.25, 0.3) is 0 Å². The Balaban J connectivity index is 2.52. The summed E-state index contributed by atoms with van der Waals surface area (Å²) in [6.07, 6.45) is 0. The first kappa shape index (κ1) is 14.0. The Bertz CT molecular complexity index is 629. The third kappa shape index (κ3) is 2.77. The molecule has 19 heavy (non-hydrogen) atoms. The van der Waals surface area contributed by atoms with Crippen molar-refractivity contribution in [1.29, 1.82) is 0 Å². The Morgan fingerprint density at radius 1 is 1.11 bits per heavy atom. The molecule has 0 amide bonds. The normalized spacial score (nSPS) is 10.6. The molecule has 0 radical (unpaired) electrons. The molecule has 0 aromatic heterocycles. The summed E-state index contributed by atoms with van der Waals surface area (Å²) in [6, 6.07) is 8.13. The van der Waals surface area contributed by atoms with Crippen LogP contribution in [0.5, 0.6) is 0 Å². The molecular weight excluding hydrogens is 286 g/mol. The highest BCUT2D eigenvalue weighted by Crippen LogP contribution is 2.36. The topological polar surface area (TPSA) is 29.3 Å². The molecule has 0 bridgehead atoms. The fourth-order valence-corrected chi connectivity index (χ4v) is 2.30. The first-order chi connectivity index (χ1) is 8.90. The fraction of sp³-hybridized carbons (Fsp3) is 0.143. The van der Waals surface area contributed by atoms with Gasteiger partial charge in [0.05, 0.1) is 22.1 Å². The Morgan fingerprint density at radius 3 is 2.42 bits per heavy atom. The predicted molar refractivity (Wildman–Crippen MR) is 80.1 cm³/mol. The molecule has 2 aromatic carbocycles. The van der Waals surface area contributed by atoms with Gasteiger partial charge in [-0.1, -0.05) is 23.2 Å². The number of nitrogens with zero attached hydrogens (tertiary/aromatic N) is 1. The number of aryl methyl sites for hydroxylation is 1. The summed E-state index contributed by atoms with van der Waals surface area (Å²) in [5, 5.41) is 0.756. The highest BCUT2D eigenvalue weighted by molar-refractivity contribution is 6.36. The van der Waals surface area contributed by atoms with Crippen molar-refractivity contribution in [1.82, 2.24) is 0 Å². The summed E-state index contributed by atoms with van der Waals surface area (Å²) in [5.74, 6) is -0.411. The molecule has 0 aliphatic rings. The van der Waals surface area contributed by atoms with Crippen molar-refractivity contribution in [3.8, 4) is 0 Å². The van der Waals surface area contributed by atoms with Crippen LogP contribution in [0.4, 0.5) is 21.5 Å². The van der Waals surface area contributed by atoms with Crippen LogP contribution in [-0.4, -0.2) is 7.05 Å². The SMILES string of the molecule is Cc1cc(N)c(Cl)c(N(C)c2ccc(Cl)cc2F)c1. The van der Waals surface area contributed by atoms with Crippen LogP contribution in [0.3, 0.4) is 0 Å². The maximum absolute atomic E-state index is 13.9. The molecule has 2 nitrogen and oxygen atoms in total. The molecule has 5 heteroatoms. The van der Waals surface area contributed by atoms with Gasteiger partial charge in [-0.05, 0) is 42.8 Å². The average Bonchev–Trinajstić information content (AvgIpc) is 2.33. The van der Waals surface area contributed by atoms with E-state index in [0.717, 1.165) is 5.56 Å². The van der Waals surface area contributed by atoms with E-state index in [1.807, 2.05) is 13.0 Å². The van der Waals surface area contributed by atoms with Crippen molar-refractivity contribution in [2.75, 3.05) is 17.7 Å². The van der Waals surface area contributed by atoms with Crippen LogP contribution in [0.15, 0.2) is 30.3 Å². The highest BCUT2D eigenvalue weighted by atomic mass is 35.5. The van der Waals surface area contributed by atoms with E-state index in [4.69, 9.17) is 28.9 Å². The molecule has 0 saturated carbocycles. The van der Waals surface area contributed by atoms with Gasteiger partial charge in [0.1, 0.15) is 5.82 Å². The van der Waals surface area contributed by atoms with Crippen LogP contribution in [-0.2, 0) is 0 Å². The maximum atomic E-state index is 13.9. The molecule has 0 saturated heterocycles. The van der Waals surface area contributed by atoms with Gasteiger partial charge in [-0.25, -0.2) is 4.39 Å². The first-order valence-corrected chi connectivity index (χ1v) is 6.40. The largest absolute Gasteiger partial charge is 0.397 e. The standard InChI is InChI=1S/C14H13Cl2FN2/c1-8-5-11(18)14(16)13(6-8)19(2)12-4-3-9(15)7-10(12)17/h3-7H,18H2,1-2H3. The van der Waals surface area contributed by atoms with Gasteiger partial charge in [-0.2, -0.15) is 0 Å². The zero-order chi connectivity index (χ0) is 14.2. The fourth-order valence-electron chi connectivity index (χ4n) is 1.90. The van der Waals surface area contributed by atoms with Crippen LogP contribution in [0.2, 0.25) is 10.0 Å². The Kier molecular flexibility index (Phi) is 3.88. The molecular formula is C14H13Cl2FN2. The van der Waals surface area contributed by atoms with Gasteiger partial charge >= 0.3 is 0 Å². The van der Waals surface area contributed by atoms with Crippen LogP contribution in [0.1, 0.15) is 5.56 Å². The molecule has 0 spiro atoms. The van der Waals surface area contributed by atoms with Gasteiger partial charge in [0.15, 0.2) is 0 Å². The lowest BCUT2D eigenvalue weighted by Crippen LogP contribution is -2.12. The minimum Gasteiger partial charge on any atom is -0.397 e. The van der Waals surface area contributed by atoms with Gasteiger partial charge in [0.2, 0.25) is 0 Å². The van der Waals surface area contributed by atoms with Crippen LogP contribution >= 0.6 is 23.2 Å². The number of rotatable bonds is 2. The monoisotopic (exact) mass is 298 g/mol. The van der Waals surface area contributed by atoms with Crippen molar-refractivity contribution in [2.24, 2.45) is 0 Å². The average molecular weight is 299 g/mol. The van der Waals surface area contributed by atoms with Gasteiger partial charge in [-0.15, -0.1) is 0 Å². The van der Waals surface area contributed by atoms with E-state index >= 15 is 0 Å². The number of anilines is 3. The summed E-state index contributed by atoms with van der Waals surface area (Å²) in [7, 11) is 1.73.